The van der Waals surface area contributed by atoms with Crippen LogP contribution in [0.5, 0.6) is 0 Å². The average molecular weight is 282 g/mol. The molecule has 2 heterocycles. The van der Waals surface area contributed by atoms with Gasteiger partial charge in [-0.3, -0.25) is 4.98 Å². The van der Waals surface area contributed by atoms with E-state index in [1.165, 1.54) is 31.7 Å². The number of fused-ring (bicyclic) bond motifs is 1. The third-order valence-corrected chi connectivity index (χ3v) is 4.99. The molecule has 102 valence electrons. The summed E-state index contributed by atoms with van der Waals surface area (Å²) < 4.78 is 0. The van der Waals surface area contributed by atoms with Crippen LogP contribution < -0.4 is 5.32 Å². The predicted molar refractivity (Wildman–Crippen MR) is 86.4 cm³/mol. The quantitative estimate of drug-likeness (QED) is 0.778. The van der Waals surface area contributed by atoms with Gasteiger partial charge in [-0.15, -0.1) is 11.3 Å². The van der Waals surface area contributed by atoms with Crippen molar-refractivity contribution in [2.75, 3.05) is 7.05 Å². The van der Waals surface area contributed by atoms with Crippen molar-refractivity contribution in [3.8, 4) is 0 Å². The fourth-order valence-corrected chi connectivity index (χ4v) is 3.74. The molecule has 20 heavy (non-hydrogen) atoms. The fraction of sp³-hybridized carbons (Fsp3) is 0.235. The van der Waals surface area contributed by atoms with Gasteiger partial charge in [-0.2, -0.15) is 0 Å². The van der Waals surface area contributed by atoms with E-state index in [9.17, 15) is 0 Å². The van der Waals surface area contributed by atoms with Gasteiger partial charge in [0.1, 0.15) is 0 Å². The van der Waals surface area contributed by atoms with Crippen LogP contribution in [-0.2, 0) is 0 Å². The highest BCUT2D eigenvalue weighted by Crippen LogP contribution is 2.33. The maximum Gasteiger partial charge on any atom is 0.0690 e. The van der Waals surface area contributed by atoms with E-state index in [1.54, 1.807) is 0 Å². The SMILES string of the molecule is CNC(c1cc(C)c(C)s1)c1cncc2ccccc12. The predicted octanol–water partition coefficient (Wildman–Crippen LogP) is 4.22. The summed E-state index contributed by atoms with van der Waals surface area (Å²) in [5, 5.41) is 5.90. The zero-order valence-corrected chi connectivity index (χ0v) is 12.8. The van der Waals surface area contributed by atoms with Gasteiger partial charge in [-0.05, 0) is 37.9 Å². The van der Waals surface area contributed by atoms with Crippen LogP contribution in [0.2, 0.25) is 0 Å². The van der Waals surface area contributed by atoms with Gasteiger partial charge in [0.15, 0.2) is 0 Å². The van der Waals surface area contributed by atoms with Gasteiger partial charge in [0, 0.05) is 33.1 Å². The molecular weight excluding hydrogens is 264 g/mol. The van der Waals surface area contributed by atoms with Crippen molar-refractivity contribution in [3.05, 3.63) is 63.6 Å². The largest absolute Gasteiger partial charge is 0.309 e. The highest BCUT2D eigenvalue weighted by molar-refractivity contribution is 7.12. The molecule has 0 bridgehead atoms. The van der Waals surface area contributed by atoms with Crippen molar-refractivity contribution < 1.29 is 0 Å². The summed E-state index contributed by atoms with van der Waals surface area (Å²) in [6.07, 6.45) is 3.91. The Bertz CT molecular complexity index is 721. The Labute approximate surface area is 123 Å². The maximum absolute atomic E-state index is 4.40. The minimum Gasteiger partial charge on any atom is -0.309 e. The van der Waals surface area contributed by atoms with E-state index in [4.69, 9.17) is 0 Å². The first-order chi connectivity index (χ1) is 9.70. The number of thiophene rings is 1. The molecule has 0 aliphatic heterocycles. The summed E-state index contributed by atoms with van der Waals surface area (Å²) in [5.74, 6) is 0. The zero-order valence-electron chi connectivity index (χ0n) is 12.0. The topological polar surface area (TPSA) is 24.9 Å². The normalized spacial score (nSPS) is 12.8. The third-order valence-electron chi connectivity index (χ3n) is 3.77. The van der Waals surface area contributed by atoms with Crippen LogP contribution in [0, 0.1) is 13.8 Å². The molecule has 0 saturated heterocycles. The lowest BCUT2D eigenvalue weighted by atomic mass is 10.0. The van der Waals surface area contributed by atoms with Crippen molar-refractivity contribution in [1.82, 2.24) is 10.3 Å². The minimum absolute atomic E-state index is 0.200. The molecule has 1 N–H and O–H groups in total. The summed E-state index contributed by atoms with van der Waals surface area (Å²) >= 11 is 1.86. The molecule has 2 aromatic heterocycles. The van der Waals surface area contributed by atoms with Crippen molar-refractivity contribution in [1.29, 1.82) is 0 Å². The lowest BCUT2D eigenvalue weighted by molar-refractivity contribution is 0.706. The second kappa shape index (κ2) is 5.35. The van der Waals surface area contributed by atoms with Gasteiger partial charge >= 0.3 is 0 Å². The molecule has 3 heteroatoms. The van der Waals surface area contributed by atoms with Gasteiger partial charge in [-0.25, -0.2) is 0 Å². The number of hydrogen-bond donors (Lipinski definition) is 1. The van der Waals surface area contributed by atoms with Gasteiger partial charge in [0.05, 0.1) is 6.04 Å². The summed E-state index contributed by atoms with van der Waals surface area (Å²) in [6, 6.07) is 10.9. The number of nitrogens with one attached hydrogen (secondary N) is 1. The molecule has 2 nitrogen and oxygen atoms in total. The third kappa shape index (κ3) is 2.23. The Balaban J connectivity index is 2.16. The highest BCUT2D eigenvalue weighted by Gasteiger charge is 2.17. The van der Waals surface area contributed by atoms with E-state index < -0.39 is 0 Å². The van der Waals surface area contributed by atoms with Gasteiger partial charge in [0.25, 0.3) is 0 Å². The number of aryl methyl sites for hydroxylation is 2. The van der Waals surface area contributed by atoms with Crippen LogP contribution in [0.15, 0.2) is 42.7 Å². The molecule has 0 amide bonds. The Morgan fingerprint density at radius 3 is 2.65 bits per heavy atom. The van der Waals surface area contributed by atoms with E-state index >= 15 is 0 Å². The van der Waals surface area contributed by atoms with Crippen LogP contribution in [0.4, 0.5) is 0 Å². The van der Waals surface area contributed by atoms with Gasteiger partial charge in [-0.1, -0.05) is 24.3 Å². The summed E-state index contributed by atoms with van der Waals surface area (Å²) in [7, 11) is 2.01. The molecule has 0 saturated carbocycles. The van der Waals surface area contributed by atoms with E-state index in [0.29, 0.717) is 0 Å². The molecule has 0 radical (unpaired) electrons. The maximum atomic E-state index is 4.40. The van der Waals surface area contributed by atoms with Crippen molar-refractivity contribution in [3.63, 3.8) is 0 Å². The van der Waals surface area contributed by atoms with Gasteiger partial charge in [0.2, 0.25) is 0 Å². The first-order valence-corrected chi connectivity index (χ1v) is 7.59. The summed E-state index contributed by atoms with van der Waals surface area (Å²) in [4.78, 5) is 7.13. The molecule has 0 fully saturated rings. The molecule has 3 aromatic rings. The number of pyridine rings is 1. The van der Waals surface area contributed by atoms with Gasteiger partial charge < -0.3 is 5.32 Å². The first kappa shape index (κ1) is 13.3. The van der Waals surface area contributed by atoms with Crippen LogP contribution in [0.1, 0.15) is 26.9 Å². The number of hydrogen-bond acceptors (Lipinski definition) is 3. The molecule has 1 atom stereocenters. The molecule has 3 rings (SSSR count). The monoisotopic (exact) mass is 282 g/mol. The van der Waals surface area contributed by atoms with Crippen molar-refractivity contribution >= 4 is 22.1 Å². The first-order valence-electron chi connectivity index (χ1n) is 6.77. The standard InChI is InChI=1S/C17H18N2S/c1-11-8-16(20-12(11)2)17(18-3)15-10-19-9-13-6-4-5-7-14(13)15/h4-10,17-18H,1-3H3. The van der Waals surface area contributed by atoms with E-state index in [2.05, 4.69) is 54.5 Å². The Kier molecular flexibility index (Phi) is 3.55. The number of rotatable bonds is 3. The molecule has 0 spiro atoms. The Morgan fingerprint density at radius 2 is 1.95 bits per heavy atom. The molecule has 0 aliphatic rings. The molecule has 1 aromatic carbocycles. The van der Waals surface area contributed by atoms with Crippen LogP contribution >= 0.6 is 11.3 Å². The Morgan fingerprint density at radius 1 is 1.15 bits per heavy atom. The number of benzene rings is 1. The van der Waals surface area contributed by atoms with Crippen LogP contribution in [0.25, 0.3) is 10.8 Å². The second-order valence-corrected chi connectivity index (χ2v) is 6.35. The molecular formula is C17H18N2S. The van der Waals surface area contributed by atoms with Crippen LogP contribution in [0.3, 0.4) is 0 Å². The summed E-state index contributed by atoms with van der Waals surface area (Å²) in [6.45, 7) is 4.35. The van der Waals surface area contributed by atoms with E-state index in [1.807, 2.05) is 30.8 Å². The lowest BCUT2D eigenvalue weighted by Crippen LogP contribution is -2.17. The number of nitrogens with zero attached hydrogens (tertiary/aromatic N) is 1. The smallest absolute Gasteiger partial charge is 0.0690 e. The fourth-order valence-electron chi connectivity index (χ4n) is 2.56. The molecule has 1 unspecified atom stereocenters. The van der Waals surface area contributed by atoms with Crippen molar-refractivity contribution in [2.24, 2.45) is 0 Å². The molecule has 0 aliphatic carbocycles. The average Bonchev–Trinajstić information content (AvgIpc) is 2.79. The lowest BCUT2D eigenvalue weighted by Gasteiger charge is -2.17. The van der Waals surface area contributed by atoms with E-state index in [-0.39, 0.29) is 6.04 Å². The van der Waals surface area contributed by atoms with E-state index in [0.717, 1.165) is 0 Å². The van der Waals surface area contributed by atoms with Crippen molar-refractivity contribution in [2.45, 2.75) is 19.9 Å². The minimum atomic E-state index is 0.200. The second-order valence-electron chi connectivity index (χ2n) is 5.06. The van der Waals surface area contributed by atoms with Crippen LogP contribution in [-0.4, -0.2) is 12.0 Å². The summed E-state index contributed by atoms with van der Waals surface area (Å²) in [5.41, 5.74) is 2.60. The zero-order chi connectivity index (χ0) is 14.1. The Hall–Kier alpha value is -1.71. The highest BCUT2D eigenvalue weighted by atomic mass is 32.1. The number of aromatic nitrogens is 1.